The second-order valence-electron chi connectivity index (χ2n) is 4.64. The summed E-state index contributed by atoms with van der Waals surface area (Å²) in [7, 11) is 0. The topological polar surface area (TPSA) is 29.1 Å². The summed E-state index contributed by atoms with van der Waals surface area (Å²) in [6.45, 7) is 0.442. The van der Waals surface area contributed by atoms with Gasteiger partial charge in [0.25, 0.3) is 0 Å². The zero-order chi connectivity index (χ0) is 15.9. The van der Waals surface area contributed by atoms with Gasteiger partial charge in [0.2, 0.25) is 5.91 Å². The van der Waals surface area contributed by atoms with E-state index in [1.165, 1.54) is 23.9 Å². The third-order valence-corrected chi connectivity index (χ3v) is 4.45. The van der Waals surface area contributed by atoms with Gasteiger partial charge in [0.05, 0.1) is 5.75 Å². The second-order valence-corrected chi connectivity index (χ2v) is 6.46. The van der Waals surface area contributed by atoms with Gasteiger partial charge in [0.1, 0.15) is 5.82 Å². The van der Waals surface area contributed by atoms with Gasteiger partial charge in [-0.05, 0) is 35.4 Å². The Hall–Kier alpha value is -1.23. The summed E-state index contributed by atoms with van der Waals surface area (Å²) in [6.07, 6.45) is 0. The Morgan fingerprint density at radius 2 is 2.00 bits per heavy atom. The first kappa shape index (κ1) is 17.1. The molecule has 0 aliphatic heterocycles. The second kappa shape index (κ2) is 8.42. The third-order valence-electron chi connectivity index (χ3n) is 2.88. The maximum atomic E-state index is 12.9. The van der Waals surface area contributed by atoms with Crippen LogP contribution in [0.2, 0.25) is 10.0 Å². The van der Waals surface area contributed by atoms with Crippen molar-refractivity contribution in [2.24, 2.45) is 0 Å². The molecule has 0 heterocycles. The zero-order valence-electron chi connectivity index (χ0n) is 11.6. The van der Waals surface area contributed by atoms with Gasteiger partial charge in [-0.15, -0.1) is 11.8 Å². The lowest BCUT2D eigenvalue weighted by molar-refractivity contribution is -0.118. The number of amides is 1. The monoisotopic (exact) mass is 357 g/mol. The first-order valence-electron chi connectivity index (χ1n) is 6.57. The van der Waals surface area contributed by atoms with Crippen LogP contribution in [0.3, 0.4) is 0 Å². The molecule has 0 saturated heterocycles. The highest BCUT2D eigenvalue weighted by atomic mass is 35.5. The molecule has 0 aromatic heterocycles. The van der Waals surface area contributed by atoms with Crippen molar-refractivity contribution in [2.45, 2.75) is 12.3 Å². The Balaban J connectivity index is 1.74. The molecule has 0 radical (unpaired) electrons. The fourth-order valence-electron chi connectivity index (χ4n) is 1.79. The first-order chi connectivity index (χ1) is 10.5. The highest BCUT2D eigenvalue weighted by molar-refractivity contribution is 7.99. The molecule has 0 saturated carbocycles. The van der Waals surface area contributed by atoms with Gasteiger partial charge in [0.15, 0.2) is 0 Å². The van der Waals surface area contributed by atoms with Crippen LogP contribution in [0.5, 0.6) is 0 Å². The van der Waals surface area contributed by atoms with Crippen LogP contribution in [0.4, 0.5) is 4.39 Å². The highest BCUT2D eigenvalue weighted by Crippen LogP contribution is 2.22. The number of hydrogen-bond donors (Lipinski definition) is 1. The Kier molecular flexibility index (Phi) is 6.55. The van der Waals surface area contributed by atoms with Gasteiger partial charge >= 0.3 is 0 Å². The minimum absolute atomic E-state index is 0.0665. The zero-order valence-corrected chi connectivity index (χ0v) is 13.9. The van der Waals surface area contributed by atoms with Gasteiger partial charge in [-0.3, -0.25) is 4.79 Å². The number of benzene rings is 2. The fourth-order valence-corrected chi connectivity index (χ4v) is 3.18. The van der Waals surface area contributed by atoms with Crippen LogP contribution in [-0.4, -0.2) is 11.7 Å². The standard InChI is InChI=1S/C16H14Cl2FNOS/c17-13-3-1-2-11(6-13)8-20-16(21)10-22-9-12-4-5-14(19)7-15(12)18/h1-7H,8-10H2,(H,20,21). The van der Waals surface area contributed by atoms with Gasteiger partial charge in [-0.1, -0.05) is 41.4 Å². The Morgan fingerprint density at radius 3 is 2.73 bits per heavy atom. The molecule has 0 fully saturated rings. The predicted octanol–water partition coefficient (Wildman–Crippen LogP) is 4.68. The highest BCUT2D eigenvalue weighted by Gasteiger charge is 2.05. The smallest absolute Gasteiger partial charge is 0.230 e. The van der Waals surface area contributed by atoms with Crippen molar-refractivity contribution in [3.8, 4) is 0 Å². The van der Waals surface area contributed by atoms with Crippen molar-refractivity contribution >= 4 is 40.9 Å². The maximum absolute atomic E-state index is 12.9. The van der Waals surface area contributed by atoms with E-state index in [4.69, 9.17) is 23.2 Å². The van der Waals surface area contributed by atoms with Gasteiger partial charge < -0.3 is 5.32 Å². The van der Waals surface area contributed by atoms with Gasteiger partial charge in [0, 0.05) is 22.3 Å². The number of hydrogen-bond acceptors (Lipinski definition) is 2. The molecule has 0 bridgehead atoms. The molecule has 2 rings (SSSR count). The lowest BCUT2D eigenvalue weighted by atomic mass is 10.2. The van der Waals surface area contributed by atoms with E-state index in [1.54, 1.807) is 12.1 Å². The van der Waals surface area contributed by atoms with Crippen LogP contribution in [0, 0.1) is 5.82 Å². The molecule has 2 aromatic carbocycles. The van der Waals surface area contributed by atoms with E-state index in [9.17, 15) is 9.18 Å². The number of rotatable bonds is 6. The number of thioether (sulfide) groups is 1. The van der Waals surface area contributed by atoms with E-state index >= 15 is 0 Å². The van der Waals surface area contributed by atoms with Gasteiger partial charge in [-0.2, -0.15) is 0 Å². The summed E-state index contributed by atoms with van der Waals surface area (Å²) in [6, 6.07) is 11.6. The number of nitrogens with one attached hydrogen (secondary N) is 1. The summed E-state index contributed by atoms with van der Waals surface area (Å²) in [5, 5.41) is 3.85. The average Bonchev–Trinajstić information content (AvgIpc) is 2.47. The van der Waals surface area contributed by atoms with Crippen LogP contribution in [0.1, 0.15) is 11.1 Å². The summed E-state index contributed by atoms with van der Waals surface area (Å²) < 4.78 is 12.9. The van der Waals surface area contributed by atoms with E-state index < -0.39 is 0 Å². The summed E-state index contributed by atoms with van der Waals surface area (Å²) in [4.78, 5) is 11.8. The molecule has 0 atom stereocenters. The Bertz CT molecular complexity index is 666. The molecular weight excluding hydrogens is 344 g/mol. The van der Waals surface area contributed by atoms with Crippen LogP contribution in [-0.2, 0) is 17.1 Å². The lowest BCUT2D eigenvalue weighted by Gasteiger charge is -2.07. The molecule has 0 aliphatic rings. The largest absolute Gasteiger partial charge is 0.351 e. The quantitative estimate of drug-likeness (QED) is 0.812. The maximum Gasteiger partial charge on any atom is 0.230 e. The van der Waals surface area contributed by atoms with E-state index in [0.29, 0.717) is 28.1 Å². The summed E-state index contributed by atoms with van der Waals surface area (Å²) >= 11 is 13.2. The Morgan fingerprint density at radius 1 is 1.18 bits per heavy atom. The van der Waals surface area contributed by atoms with Crippen molar-refractivity contribution in [1.82, 2.24) is 5.32 Å². The SMILES string of the molecule is O=C(CSCc1ccc(F)cc1Cl)NCc1cccc(Cl)c1. The summed E-state index contributed by atoms with van der Waals surface area (Å²) in [5.41, 5.74) is 1.77. The fraction of sp³-hybridized carbons (Fsp3) is 0.188. The minimum Gasteiger partial charge on any atom is -0.351 e. The summed E-state index contributed by atoms with van der Waals surface area (Å²) in [5.74, 6) is 0.444. The van der Waals surface area contributed by atoms with Gasteiger partial charge in [-0.25, -0.2) is 4.39 Å². The molecule has 1 amide bonds. The van der Waals surface area contributed by atoms with E-state index in [-0.39, 0.29) is 11.7 Å². The number of halogens is 3. The number of carbonyl (C=O) groups is 1. The van der Waals surface area contributed by atoms with Crippen molar-refractivity contribution in [2.75, 3.05) is 5.75 Å². The molecule has 6 heteroatoms. The van der Waals surface area contributed by atoms with Crippen LogP contribution in [0.15, 0.2) is 42.5 Å². The molecule has 116 valence electrons. The molecule has 2 aromatic rings. The van der Waals surface area contributed by atoms with Crippen LogP contribution < -0.4 is 5.32 Å². The van der Waals surface area contributed by atoms with Crippen molar-refractivity contribution < 1.29 is 9.18 Å². The molecule has 0 aliphatic carbocycles. The van der Waals surface area contributed by atoms with Crippen LogP contribution >= 0.6 is 35.0 Å². The molecule has 22 heavy (non-hydrogen) atoms. The minimum atomic E-state index is -0.363. The van der Waals surface area contributed by atoms with Crippen molar-refractivity contribution in [3.63, 3.8) is 0 Å². The lowest BCUT2D eigenvalue weighted by Crippen LogP contribution is -2.24. The third kappa shape index (κ3) is 5.52. The van der Waals surface area contributed by atoms with Crippen molar-refractivity contribution in [3.05, 3.63) is 69.5 Å². The Labute approximate surface area is 143 Å². The first-order valence-corrected chi connectivity index (χ1v) is 8.48. The van der Waals surface area contributed by atoms with E-state index in [1.807, 2.05) is 18.2 Å². The molecular formula is C16H14Cl2FNOS. The van der Waals surface area contributed by atoms with Crippen molar-refractivity contribution in [1.29, 1.82) is 0 Å². The predicted molar refractivity (Wildman–Crippen MR) is 90.9 cm³/mol. The van der Waals surface area contributed by atoms with E-state index in [0.717, 1.165) is 11.1 Å². The molecule has 0 unspecified atom stereocenters. The molecule has 1 N–H and O–H groups in total. The molecule has 0 spiro atoms. The normalized spacial score (nSPS) is 10.5. The van der Waals surface area contributed by atoms with Crippen LogP contribution in [0.25, 0.3) is 0 Å². The van der Waals surface area contributed by atoms with E-state index in [2.05, 4.69) is 5.32 Å². The number of carbonyl (C=O) groups excluding carboxylic acids is 1. The molecule has 2 nitrogen and oxygen atoms in total. The average molecular weight is 358 g/mol.